The van der Waals surface area contributed by atoms with Gasteiger partial charge in [0.25, 0.3) is 0 Å². The van der Waals surface area contributed by atoms with Gasteiger partial charge in [-0.05, 0) is 19.2 Å². The van der Waals surface area contributed by atoms with Crippen LogP contribution in [0.1, 0.15) is 6.92 Å². The Hall–Kier alpha value is -1.59. The summed E-state index contributed by atoms with van der Waals surface area (Å²) in [5.74, 6) is -0.333. The lowest BCUT2D eigenvalue weighted by atomic mass is 10.2. The molecule has 1 fully saturated rings. The average molecular weight is 265 g/mol. The van der Waals surface area contributed by atoms with Gasteiger partial charge in [0.15, 0.2) is 0 Å². The molecule has 5 nitrogen and oxygen atoms in total. The van der Waals surface area contributed by atoms with Crippen LogP contribution in [0.2, 0.25) is 0 Å². The molecule has 1 saturated heterocycles. The minimum atomic E-state index is -0.333. The van der Waals surface area contributed by atoms with E-state index in [1.807, 2.05) is 12.1 Å². The van der Waals surface area contributed by atoms with Crippen LogP contribution in [0.25, 0.3) is 0 Å². The van der Waals surface area contributed by atoms with E-state index in [9.17, 15) is 4.79 Å². The predicted octanol–water partition coefficient (Wildman–Crippen LogP) is 0.643. The van der Waals surface area contributed by atoms with Gasteiger partial charge in [0, 0.05) is 37.8 Å². The minimum absolute atomic E-state index is 0.333. The normalized spacial score (nSPS) is 18.3. The minimum Gasteiger partial charge on any atom is -0.399 e. The first-order chi connectivity index (χ1) is 8.83. The largest absolute Gasteiger partial charge is 0.399 e. The van der Waals surface area contributed by atoms with E-state index in [1.54, 1.807) is 0 Å². The number of carbonyl (C=O) groups excluding carboxylic acids is 1. The van der Waals surface area contributed by atoms with Crippen molar-refractivity contribution in [3.8, 4) is 0 Å². The summed E-state index contributed by atoms with van der Waals surface area (Å²) in [5.41, 5.74) is 12.4. The third-order valence-electron chi connectivity index (χ3n) is 3.47. The van der Waals surface area contributed by atoms with Crippen LogP contribution in [-0.2, 0) is 4.79 Å². The Labute approximate surface area is 115 Å². The van der Waals surface area contributed by atoms with Crippen molar-refractivity contribution in [3.05, 3.63) is 24.3 Å². The number of quaternary nitrogens is 1. The van der Waals surface area contributed by atoms with Crippen LogP contribution in [-0.4, -0.2) is 51.1 Å². The van der Waals surface area contributed by atoms with Gasteiger partial charge >= 0.3 is 0 Å². The quantitative estimate of drug-likeness (QED) is 0.578. The highest BCUT2D eigenvalue weighted by atomic mass is 16.1. The molecule has 106 valence electrons. The number of likely N-dealkylation sites (N-methyl/N-ethyl adjacent to an activating group) is 2. The maximum absolute atomic E-state index is 9.22. The highest BCUT2D eigenvalue weighted by molar-refractivity contribution is 5.70. The number of nitrogen functional groups attached to an aromatic ring is 1. The Kier molecular flexibility index (Phi) is 5.32. The van der Waals surface area contributed by atoms with Crippen molar-refractivity contribution >= 4 is 17.3 Å². The Morgan fingerprint density at radius 2 is 1.63 bits per heavy atom. The molecule has 1 aromatic rings. The molecule has 2 rings (SSSR count). The van der Waals surface area contributed by atoms with Crippen LogP contribution in [0.3, 0.4) is 0 Å². The fourth-order valence-corrected chi connectivity index (χ4v) is 2.10. The number of amides is 1. The standard InChI is InChI=1S/C12H20N3.C2H5NO/c1-14-7-9-15(2,10-8-14)12-5-3-11(13)4-6-12;1-2(3)4/h3-6H,7-10,13H2,1-2H3;1H3,(H2,3,4)/q+1;. The molecule has 1 amide bonds. The van der Waals surface area contributed by atoms with E-state index < -0.39 is 0 Å². The molecule has 1 aromatic carbocycles. The molecule has 4 N–H and O–H groups in total. The zero-order valence-corrected chi connectivity index (χ0v) is 12.1. The van der Waals surface area contributed by atoms with Gasteiger partial charge in [0.05, 0.1) is 20.1 Å². The van der Waals surface area contributed by atoms with E-state index in [0.29, 0.717) is 0 Å². The van der Waals surface area contributed by atoms with Crippen molar-refractivity contribution in [2.45, 2.75) is 6.92 Å². The maximum Gasteiger partial charge on any atom is 0.214 e. The molecule has 0 bridgehead atoms. The van der Waals surface area contributed by atoms with Crippen molar-refractivity contribution in [2.75, 3.05) is 46.0 Å². The Morgan fingerprint density at radius 1 is 1.21 bits per heavy atom. The molecule has 19 heavy (non-hydrogen) atoms. The van der Waals surface area contributed by atoms with Crippen molar-refractivity contribution in [3.63, 3.8) is 0 Å². The molecule has 5 heteroatoms. The Balaban J connectivity index is 0.000000399. The van der Waals surface area contributed by atoms with Gasteiger partial charge < -0.3 is 11.5 Å². The molecule has 1 aliphatic rings. The number of benzene rings is 1. The number of hydrogen-bond acceptors (Lipinski definition) is 3. The number of carbonyl (C=O) groups is 1. The van der Waals surface area contributed by atoms with Crippen molar-refractivity contribution < 1.29 is 4.79 Å². The van der Waals surface area contributed by atoms with Gasteiger partial charge in [0.1, 0.15) is 5.69 Å². The lowest BCUT2D eigenvalue weighted by Crippen LogP contribution is -2.57. The molecule has 0 aliphatic carbocycles. The van der Waals surface area contributed by atoms with Crippen molar-refractivity contribution in [1.82, 2.24) is 9.38 Å². The van der Waals surface area contributed by atoms with E-state index in [0.717, 1.165) is 10.2 Å². The van der Waals surface area contributed by atoms with Gasteiger partial charge in [-0.25, -0.2) is 0 Å². The molecule has 1 aliphatic heterocycles. The van der Waals surface area contributed by atoms with E-state index in [1.165, 1.54) is 38.8 Å². The molecule has 0 saturated carbocycles. The third kappa shape index (κ3) is 4.89. The topological polar surface area (TPSA) is 72.4 Å². The van der Waals surface area contributed by atoms with Gasteiger partial charge in [0.2, 0.25) is 5.91 Å². The first-order valence-corrected chi connectivity index (χ1v) is 6.49. The second-order valence-corrected chi connectivity index (χ2v) is 5.35. The number of hydrogen-bond donors (Lipinski definition) is 2. The lowest BCUT2D eigenvalue weighted by molar-refractivity contribution is -0.115. The first kappa shape index (κ1) is 15.5. The number of piperazine rings is 1. The first-order valence-electron chi connectivity index (χ1n) is 6.49. The number of nitrogens with two attached hydrogens (primary N) is 2. The van der Waals surface area contributed by atoms with Crippen molar-refractivity contribution in [2.24, 2.45) is 5.73 Å². The monoisotopic (exact) mass is 265 g/mol. The van der Waals surface area contributed by atoms with Crippen LogP contribution in [0.5, 0.6) is 0 Å². The van der Waals surface area contributed by atoms with Gasteiger partial charge in [-0.3, -0.25) is 14.2 Å². The summed E-state index contributed by atoms with van der Waals surface area (Å²) in [7, 11) is 4.49. The number of rotatable bonds is 1. The van der Waals surface area contributed by atoms with Crippen LogP contribution in [0, 0.1) is 0 Å². The zero-order chi connectivity index (χ0) is 14.5. The molecule has 0 aromatic heterocycles. The second kappa shape index (κ2) is 6.54. The van der Waals surface area contributed by atoms with Crippen LogP contribution < -0.4 is 16.0 Å². The average Bonchev–Trinajstić information content (AvgIpc) is 2.33. The smallest absolute Gasteiger partial charge is 0.214 e. The van der Waals surface area contributed by atoms with E-state index in [2.05, 4.69) is 36.9 Å². The summed E-state index contributed by atoms with van der Waals surface area (Å²) in [6.07, 6.45) is 0. The van der Waals surface area contributed by atoms with E-state index in [-0.39, 0.29) is 5.91 Å². The predicted molar refractivity (Wildman–Crippen MR) is 80.7 cm³/mol. The maximum atomic E-state index is 9.22. The summed E-state index contributed by atoms with van der Waals surface area (Å²) < 4.78 is 1.03. The second-order valence-electron chi connectivity index (χ2n) is 5.35. The zero-order valence-electron chi connectivity index (χ0n) is 12.1. The van der Waals surface area contributed by atoms with Crippen LogP contribution in [0.15, 0.2) is 24.3 Å². The molecule has 0 radical (unpaired) electrons. The molecular weight excluding hydrogens is 240 g/mol. The third-order valence-corrected chi connectivity index (χ3v) is 3.47. The number of primary amides is 1. The number of anilines is 1. The fraction of sp³-hybridized carbons (Fsp3) is 0.500. The van der Waals surface area contributed by atoms with Gasteiger partial charge in [-0.1, -0.05) is 0 Å². The summed E-state index contributed by atoms with van der Waals surface area (Å²) in [5, 5.41) is 0. The summed E-state index contributed by atoms with van der Waals surface area (Å²) in [4.78, 5) is 11.6. The highest BCUT2D eigenvalue weighted by Crippen LogP contribution is 2.23. The SMILES string of the molecule is CC(N)=O.CN1CC[N+](C)(c2ccc(N)cc2)CC1. The summed E-state index contributed by atoms with van der Waals surface area (Å²) in [6, 6.07) is 8.30. The molecule has 0 unspecified atom stereocenters. The Morgan fingerprint density at radius 3 is 2.05 bits per heavy atom. The fourth-order valence-electron chi connectivity index (χ4n) is 2.10. The Bertz CT molecular complexity index is 404. The summed E-state index contributed by atoms with van der Waals surface area (Å²) >= 11 is 0. The number of nitrogens with zero attached hydrogens (tertiary/aromatic N) is 2. The highest BCUT2D eigenvalue weighted by Gasteiger charge is 2.29. The van der Waals surface area contributed by atoms with Gasteiger partial charge in [-0.2, -0.15) is 0 Å². The van der Waals surface area contributed by atoms with E-state index >= 15 is 0 Å². The molecule has 0 spiro atoms. The molecule has 0 atom stereocenters. The molecular formula is C14H25N4O+. The van der Waals surface area contributed by atoms with Crippen LogP contribution in [0.4, 0.5) is 11.4 Å². The lowest BCUT2D eigenvalue weighted by Gasteiger charge is -2.40. The molecule has 1 heterocycles. The van der Waals surface area contributed by atoms with E-state index in [4.69, 9.17) is 5.73 Å². The van der Waals surface area contributed by atoms with Crippen molar-refractivity contribution in [1.29, 1.82) is 0 Å². The summed E-state index contributed by atoms with van der Waals surface area (Å²) in [6.45, 7) is 6.00. The van der Waals surface area contributed by atoms with Crippen LogP contribution >= 0.6 is 0 Å². The van der Waals surface area contributed by atoms with Gasteiger partial charge in [-0.15, -0.1) is 0 Å².